The zero-order valence-corrected chi connectivity index (χ0v) is 11.0. The van der Waals surface area contributed by atoms with E-state index < -0.39 is 28.0 Å². The minimum atomic E-state index is -4.65. The minimum absolute atomic E-state index is 0.299. The van der Waals surface area contributed by atoms with E-state index in [2.05, 4.69) is 21.0 Å². The molecule has 0 bridgehead atoms. The van der Waals surface area contributed by atoms with E-state index in [1.807, 2.05) is 0 Å². The summed E-state index contributed by atoms with van der Waals surface area (Å²) in [5.74, 6) is -1.61. The molecule has 1 aromatic heterocycles. The van der Waals surface area contributed by atoms with Gasteiger partial charge in [0.2, 0.25) is 0 Å². The molecule has 102 valence electrons. The van der Waals surface area contributed by atoms with E-state index in [4.69, 9.17) is 0 Å². The van der Waals surface area contributed by atoms with Gasteiger partial charge in [0, 0.05) is 12.6 Å². The standard InChI is InChI=1S/C11H6BrF5N2/c1-19-10(11(15,16)17)8(12)9(18-19)6-4-5(13)2-3-7(6)14/h2-4H,1H3. The van der Waals surface area contributed by atoms with Gasteiger partial charge in [0.25, 0.3) is 0 Å². The van der Waals surface area contributed by atoms with E-state index in [0.717, 1.165) is 25.2 Å². The predicted octanol–water partition coefficient (Wildman–Crippen LogP) is 4.15. The van der Waals surface area contributed by atoms with Crippen molar-refractivity contribution in [3.8, 4) is 11.3 Å². The monoisotopic (exact) mass is 340 g/mol. The van der Waals surface area contributed by atoms with Gasteiger partial charge in [-0.05, 0) is 34.1 Å². The molecule has 1 heterocycles. The van der Waals surface area contributed by atoms with E-state index in [1.54, 1.807) is 0 Å². The smallest absolute Gasteiger partial charge is 0.262 e. The third kappa shape index (κ3) is 2.49. The van der Waals surface area contributed by atoms with Crippen molar-refractivity contribution in [1.82, 2.24) is 9.78 Å². The quantitative estimate of drug-likeness (QED) is 0.713. The average molecular weight is 341 g/mol. The molecule has 1 aromatic carbocycles. The lowest BCUT2D eigenvalue weighted by molar-refractivity contribution is -0.144. The Morgan fingerprint density at radius 2 is 1.84 bits per heavy atom. The van der Waals surface area contributed by atoms with Crippen LogP contribution < -0.4 is 0 Å². The Hall–Kier alpha value is -1.44. The first-order chi connectivity index (χ1) is 8.71. The van der Waals surface area contributed by atoms with Gasteiger partial charge in [-0.2, -0.15) is 18.3 Å². The number of nitrogens with zero attached hydrogens (tertiary/aromatic N) is 2. The van der Waals surface area contributed by atoms with Crippen molar-refractivity contribution in [2.24, 2.45) is 7.05 Å². The van der Waals surface area contributed by atoms with E-state index in [9.17, 15) is 22.0 Å². The van der Waals surface area contributed by atoms with Crippen molar-refractivity contribution in [2.45, 2.75) is 6.18 Å². The predicted molar refractivity (Wildman–Crippen MR) is 61.3 cm³/mol. The Morgan fingerprint density at radius 3 is 2.37 bits per heavy atom. The Kier molecular flexibility index (Phi) is 3.38. The summed E-state index contributed by atoms with van der Waals surface area (Å²) in [7, 11) is 1.08. The van der Waals surface area contributed by atoms with Crippen molar-refractivity contribution in [3.63, 3.8) is 0 Å². The largest absolute Gasteiger partial charge is 0.434 e. The zero-order valence-electron chi connectivity index (χ0n) is 9.39. The lowest BCUT2D eigenvalue weighted by atomic mass is 10.1. The van der Waals surface area contributed by atoms with Crippen LogP contribution in [0.3, 0.4) is 0 Å². The second-order valence-corrected chi connectivity index (χ2v) is 4.55. The summed E-state index contributed by atoms with van der Waals surface area (Å²) < 4.78 is 65.1. The highest BCUT2D eigenvalue weighted by molar-refractivity contribution is 9.10. The summed E-state index contributed by atoms with van der Waals surface area (Å²) in [5, 5.41) is 3.59. The maximum atomic E-state index is 13.6. The molecule has 2 rings (SSSR count). The van der Waals surface area contributed by atoms with Gasteiger partial charge in [-0.3, -0.25) is 4.68 Å². The summed E-state index contributed by atoms with van der Waals surface area (Å²) >= 11 is 2.74. The number of halogens is 6. The van der Waals surface area contributed by atoms with Crippen LogP contribution in [0.4, 0.5) is 22.0 Å². The Labute approximate surface area is 113 Å². The molecule has 0 aliphatic heterocycles. The number of aryl methyl sites for hydroxylation is 1. The van der Waals surface area contributed by atoms with E-state index in [0.29, 0.717) is 4.68 Å². The SMILES string of the molecule is Cn1nc(-c2cc(F)ccc2F)c(Br)c1C(F)(F)F. The number of hydrogen-bond acceptors (Lipinski definition) is 1. The van der Waals surface area contributed by atoms with Crippen LogP contribution in [0.1, 0.15) is 5.69 Å². The van der Waals surface area contributed by atoms with Crippen molar-refractivity contribution in [1.29, 1.82) is 0 Å². The van der Waals surface area contributed by atoms with Crippen LogP contribution in [0.2, 0.25) is 0 Å². The molecule has 0 saturated heterocycles. The van der Waals surface area contributed by atoms with Crippen molar-refractivity contribution < 1.29 is 22.0 Å². The summed E-state index contributed by atoms with van der Waals surface area (Å²) in [5.41, 5.74) is -1.70. The maximum Gasteiger partial charge on any atom is 0.434 e. The lowest BCUT2D eigenvalue weighted by Crippen LogP contribution is -2.12. The molecule has 8 heteroatoms. The Morgan fingerprint density at radius 1 is 1.21 bits per heavy atom. The first-order valence-electron chi connectivity index (χ1n) is 4.97. The highest BCUT2D eigenvalue weighted by Crippen LogP contribution is 2.40. The van der Waals surface area contributed by atoms with Gasteiger partial charge in [-0.25, -0.2) is 8.78 Å². The van der Waals surface area contributed by atoms with Crippen molar-refractivity contribution in [3.05, 3.63) is 40.0 Å². The molecule has 0 aliphatic carbocycles. The van der Waals surface area contributed by atoms with Crippen LogP contribution >= 0.6 is 15.9 Å². The van der Waals surface area contributed by atoms with Crippen molar-refractivity contribution in [2.75, 3.05) is 0 Å². The van der Waals surface area contributed by atoms with E-state index in [-0.39, 0.29) is 11.3 Å². The molecule has 2 aromatic rings. The summed E-state index contributed by atoms with van der Waals surface area (Å²) in [6.45, 7) is 0. The first-order valence-corrected chi connectivity index (χ1v) is 5.76. The van der Waals surface area contributed by atoms with E-state index in [1.165, 1.54) is 0 Å². The molecule has 0 saturated carbocycles. The normalized spacial score (nSPS) is 11.9. The summed E-state index contributed by atoms with van der Waals surface area (Å²) in [6, 6.07) is 2.50. The van der Waals surface area contributed by atoms with Crippen LogP contribution in [-0.2, 0) is 13.2 Å². The third-order valence-corrected chi connectivity index (χ3v) is 3.19. The fraction of sp³-hybridized carbons (Fsp3) is 0.182. The van der Waals surface area contributed by atoms with Crippen LogP contribution in [-0.4, -0.2) is 9.78 Å². The van der Waals surface area contributed by atoms with Gasteiger partial charge in [0.05, 0.1) is 4.47 Å². The van der Waals surface area contributed by atoms with Gasteiger partial charge in [0.1, 0.15) is 17.3 Å². The summed E-state index contributed by atoms with van der Waals surface area (Å²) in [4.78, 5) is 0. The minimum Gasteiger partial charge on any atom is -0.262 e. The molecule has 0 amide bonds. The third-order valence-electron chi connectivity index (χ3n) is 2.44. The second kappa shape index (κ2) is 4.59. The molecule has 19 heavy (non-hydrogen) atoms. The fourth-order valence-corrected chi connectivity index (χ4v) is 2.43. The molecule has 0 N–H and O–H groups in total. The molecule has 0 spiro atoms. The second-order valence-electron chi connectivity index (χ2n) is 3.76. The lowest BCUT2D eigenvalue weighted by Gasteiger charge is -2.06. The summed E-state index contributed by atoms with van der Waals surface area (Å²) in [6.07, 6.45) is -4.65. The molecule has 0 aliphatic rings. The molecule has 0 unspecified atom stereocenters. The molecule has 0 radical (unpaired) electrons. The number of aromatic nitrogens is 2. The van der Waals surface area contributed by atoms with Crippen LogP contribution in [0.25, 0.3) is 11.3 Å². The highest BCUT2D eigenvalue weighted by atomic mass is 79.9. The van der Waals surface area contributed by atoms with Crippen molar-refractivity contribution >= 4 is 15.9 Å². The molecule has 0 fully saturated rings. The van der Waals surface area contributed by atoms with Crippen LogP contribution in [0, 0.1) is 11.6 Å². The van der Waals surface area contributed by atoms with Gasteiger partial charge >= 0.3 is 6.18 Å². The van der Waals surface area contributed by atoms with Gasteiger partial charge in [-0.15, -0.1) is 0 Å². The Bertz CT molecular complexity index is 633. The van der Waals surface area contributed by atoms with Crippen LogP contribution in [0.15, 0.2) is 22.7 Å². The van der Waals surface area contributed by atoms with E-state index >= 15 is 0 Å². The Balaban J connectivity index is 2.68. The van der Waals surface area contributed by atoms with Gasteiger partial charge in [-0.1, -0.05) is 0 Å². The van der Waals surface area contributed by atoms with Crippen LogP contribution in [0.5, 0.6) is 0 Å². The number of benzene rings is 1. The molecule has 0 atom stereocenters. The first kappa shape index (κ1) is 14.0. The average Bonchev–Trinajstić information content (AvgIpc) is 2.57. The number of rotatable bonds is 1. The highest BCUT2D eigenvalue weighted by Gasteiger charge is 2.39. The number of hydrogen-bond donors (Lipinski definition) is 0. The fourth-order valence-electron chi connectivity index (χ4n) is 1.66. The van der Waals surface area contributed by atoms with Gasteiger partial charge < -0.3 is 0 Å². The molecular formula is C11H6BrF5N2. The molecule has 2 nitrogen and oxygen atoms in total. The van der Waals surface area contributed by atoms with Gasteiger partial charge in [0.15, 0.2) is 5.69 Å². The topological polar surface area (TPSA) is 17.8 Å². The zero-order chi connectivity index (χ0) is 14.4. The maximum absolute atomic E-state index is 13.6. The molecular weight excluding hydrogens is 335 g/mol. The number of alkyl halides is 3.